The molecule has 1 fully saturated rings. The summed E-state index contributed by atoms with van der Waals surface area (Å²) in [6, 6.07) is -0.179. The van der Waals surface area contributed by atoms with Crippen LogP contribution in [0.1, 0.15) is 39.0 Å². The standard InChI is InChI=1S/C11H19NO3S/c1-2-3-4-5-6-7-8-11-9-10-15-16(13,14)12-11/h6,8,11-12H,2-5,9-10H2,1H3. The van der Waals surface area contributed by atoms with Crippen LogP contribution in [-0.4, -0.2) is 21.1 Å². The highest BCUT2D eigenvalue weighted by Gasteiger charge is 2.21. The molecule has 1 saturated heterocycles. The van der Waals surface area contributed by atoms with Gasteiger partial charge in [-0.2, -0.15) is 13.1 Å². The first-order valence-corrected chi connectivity index (χ1v) is 7.12. The summed E-state index contributed by atoms with van der Waals surface area (Å²) >= 11 is 0. The summed E-state index contributed by atoms with van der Waals surface area (Å²) in [5.41, 5.74) is 3.02. The molecular weight excluding hydrogens is 226 g/mol. The van der Waals surface area contributed by atoms with Crippen LogP contribution < -0.4 is 4.72 Å². The van der Waals surface area contributed by atoms with E-state index in [4.69, 9.17) is 0 Å². The van der Waals surface area contributed by atoms with Crippen LogP contribution in [0.15, 0.2) is 17.9 Å². The van der Waals surface area contributed by atoms with Gasteiger partial charge in [0.25, 0.3) is 0 Å². The first-order valence-electron chi connectivity index (χ1n) is 5.72. The van der Waals surface area contributed by atoms with Gasteiger partial charge >= 0.3 is 10.3 Å². The average Bonchev–Trinajstić information content (AvgIpc) is 2.22. The number of hydrogen-bond acceptors (Lipinski definition) is 3. The van der Waals surface area contributed by atoms with Crippen molar-refractivity contribution >= 4 is 10.3 Å². The van der Waals surface area contributed by atoms with Crippen LogP contribution >= 0.6 is 0 Å². The lowest BCUT2D eigenvalue weighted by Crippen LogP contribution is -2.40. The van der Waals surface area contributed by atoms with Gasteiger partial charge in [0.1, 0.15) is 0 Å². The number of hydrogen-bond donors (Lipinski definition) is 1. The molecule has 0 bridgehead atoms. The Balaban J connectivity index is 2.33. The van der Waals surface area contributed by atoms with Crippen LogP contribution in [0.25, 0.3) is 0 Å². The minimum Gasteiger partial charge on any atom is -0.258 e. The maximum Gasteiger partial charge on any atom is 0.336 e. The van der Waals surface area contributed by atoms with Crippen LogP contribution in [0.3, 0.4) is 0 Å². The van der Waals surface area contributed by atoms with Crippen molar-refractivity contribution < 1.29 is 12.6 Å². The second-order valence-electron chi connectivity index (χ2n) is 3.82. The summed E-state index contributed by atoms with van der Waals surface area (Å²) in [5, 5.41) is 0. The van der Waals surface area contributed by atoms with E-state index in [1.54, 1.807) is 6.08 Å². The van der Waals surface area contributed by atoms with E-state index in [1.807, 2.05) is 6.08 Å². The van der Waals surface area contributed by atoms with Crippen LogP contribution in [0.4, 0.5) is 0 Å². The molecule has 0 amide bonds. The molecule has 0 aromatic heterocycles. The highest BCUT2D eigenvalue weighted by Crippen LogP contribution is 2.06. The highest BCUT2D eigenvalue weighted by atomic mass is 32.2. The molecule has 0 saturated carbocycles. The number of rotatable bonds is 5. The molecule has 1 heterocycles. The fraction of sp³-hybridized carbons (Fsp3) is 0.727. The summed E-state index contributed by atoms with van der Waals surface area (Å²) in [6.45, 7) is 2.41. The Morgan fingerprint density at radius 1 is 1.50 bits per heavy atom. The lowest BCUT2D eigenvalue weighted by atomic mass is 10.2. The molecule has 92 valence electrons. The summed E-state index contributed by atoms with van der Waals surface area (Å²) in [4.78, 5) is 0. The molecule has 1 aliphatic rings. The second-order valence-corrected chi connectivity index (χ2v) is 5.20. The Hall–Kier alpha value is -0.610. The van der Waals surface area contributed by atoms with Crippen molar-refractivity contribution in [3.8, 4) is 0 Å². The van der Waals surface area contributed by atoms with Gasteiger partial charge in [-0.05, 0) is 31.4 Å². The van der Waals surface area contributed by atoms with Crippen molar-refractivity contribution in [2.24, 2.45) is 0 Å². The Morgan fingerprint density at radius 3 is 3.00 bits per heavy atom. The molecule has 1 N–H and O–H groups in total. The largest absolute Gasteiger partial charge is 0.336 e. The third-order valence-electron chi connectivity index (χ3n) is 2.33. The normalized spacial score (nSPS) is 23.4. The molecular formula is C11H19NO3S. The van der Waals surface area contributed by atoms with Crippen LogP contribution in [0, 0.1) is 0 Å². The van der Waals surface area contributed by atoms with Crippen molar-refractivity contribution in [3.63, 3.8) is 0 Å². The van der Waals surface area contributed by atoms with Crippen molar-refractivity contribution in [1.82, 2.24) is 4.72 Å². The second kappa shape index (κ2) is 6.86. The molecule has 0 aromatic carbocycles. The predicted molar refractivity (Wildman–Crippen MR) is 63.2 cm³/mol. The summed E-state index contributed by atoms with van der Waals surface area (Å²) in [5.74, 6) is 0. The lowest BCUT2D eigenvalue weighted by molar-refractivity contribution is 0.269. The number of unbranched alkanes of at least 4 members (excludes halogenated alkanes) is 3. The molecule has 0 spiro atoms. The maximum atomic E-state index is 11.0. The zero-order chi connectivity index (χ0) is 11.9. The molecule has 16 heavy (non-hydrogen) atoms. The fourth-order valence-electron chi connectivity index (χ4n) is 1.44. The van der Waals surface area contributed by atoms with E-state index in [9.17, 15) is 8.42 Å². The Morgan fingerprint density at radius 2 is 2.31 bits per heavy atom. The van der Waals surface area contributed by atoms with E-state index in [2.05, 4.69) is 21.6 Å². The number of nitrogens with one attached hydrogen (secondary N) is 1. The van der Waals surface area contributed by atoms with Crippen molar-refractivity contribution in [1.29, 1.82) is 0 Å². The first kappa shape index (κ1) is 13.5. The van der Waals surface area contributed by atoms with Gasteiger partial charge in [0.2, 0.25) is 0 Å². The van der Waals surface area contributed by atoms with E-state index in [0.29, 0.717) is 6.42 Å². The van der Waals surface area contributed by atoms with E-state index < -0.39 is 10.3 Å². The molecule has 5 heteroatoms. The van der Waals surface area contributed by atoms with Gasteiger partial charge in [-0.25, -0.2) is 0 Å². The molecule has 1 rings (SSSR count). The fourth-order valence-corrected chi connectivity index (χ4v) is 2.38. The van der Waals surface area contributed by atoms with Gasteiger partial charge < -0.3 is 0 Å². The predicted octanol–water partition coefficient (Wildman–Crippen LogP) is 1.90. The average molecular weight is 245 g/mol. The quantitative estimate of drug-likeness (QED) is 0.594. The molecule has 0 aromatic rings. The maximum absolute atomic E-state index is 11.0. The van der Waals surface area contributed by atoms with Gasteiger partial charge in [-0.1, -0.05) is 19.8 Å². The molecule has 4 nitrogen and oxygen atoms in total. The Bertz CT molecular complexity index is 355. The third-order valence-corrected chi connectivity index (χ3v) is 3.40. The molecule has 0 aliphatic carbocycles. The monoisotopic (exact) mass is 245 g/mol. The van der Waals surface area contributed by atoms with Crippen LogP contribution in [0.5, 0.6) is 0 Å². The SMILES string of the molecule is CCCCCC=C=CC1CCOS(=O)(=O)N1. The molecule has 0 radical (unpaired) electrons. The van der Waals surface area contributed by atoms with Crippen LogP contribution in [-0.2, 0) is 14.5 Å². The van der Waals surface area contributed by atoms with Crippen molar-refractivity contribution in [3.05, 3.63) is 17.9 Å². The summed E-state index contributed by atoms with van der Waals surface area (Å²) < 4.78 is 29.1. The lowest BCUT2D eigenvalue weighted by Gasteiger charge is -2.19. The Labute approximate surface area is 97.6 Å². The topological polar surface area (TPSA) is 55.4 Å². The van der Waals surface area contributed by atoms with Crippen molar-refractivity contribution in [2.45, 2.75) is 45.1 Å². The minimum absolute atomic E-state index is 0.179. The van der Waals surface area contributed by atoms with Crippen molar-refractivity contribution in [2.75, 3.05) is 6.61 Å². The van der Waals surface area contributed by atoms with E-state index in [-0.39, 0.29) is 12.6 Å². The Kier molecular flexibility index (Phi) is 5.77. The van der Waals surface area contributed by atoms with E-state index >= 15 is 0 Å². The van der Waals surface area contributed by atoms with Gasteiger partial charge in [-0.15, -0.1) is 5.73 Å². The van der Waals surface area contributed by atoms with Gasteiger partial charge in [0.15, 0.2) is 0 Å². The van der Waals surface area contributed by atoms with E-state index in [1.165, 1.54) is 12.8 Å². The molecule has 1 unspecified atom stereocenters. The zero-order valence-electron chi connectivity index (χ0n) is 9.61. The first-order chi connectivity index (χ1) is 7.64. The van der Waals surface area contributed by atoms with Gasteiger partial charge in [-0.3, -0.25) is 4.18 Å². The molecule has 1 atom stereocenters. The summed E-state index contributed by atoms with van der Waals surface area (Å²) in [6.07, 6.45) is 8.97. The molecule has 1 aliphatic heterocycles. The van der Waals surface area contributed by atoms with Gasteiger partial charge in [0.05, 0.1) is 12.6 Å². The van der Waals surface area contributed by atoms with Crippen LogP contribution in [0.2, 0.25) is 0 Å². The third kappa shape index (κ3) is 5.47. The zero-order valence-corrected chi connectivity index (χ0v) is 10.4. The van der Waals surface area contributed by atoms with Gasteiger partial charge in [0, 0.05) is 0 Å². The van der Waals surface area contributed by atoms with E-state index in [0.717, 1.165) is 12.8 Å². The summed E-state index contributed by atoms with van der Waals surface area (Å²) in [7, 11) is -3.52. The minimum atomic E-state index is -3.52. The highest BCUT2D eigenvalue weighted by molar-refractivity contribution is 7.84. The smallest absolute Gasteiger partial charge is 0.258 e.